The van der Waals surface area contributed by atoms with Gasteiger partial charge >= 0.3 is 6.01 Å². The molecule has 0 radical (unpaired) electrons. The molecule has 1 heterocycles. The van der Waals surface area contributed by atoms with Crippen molar-refractivity contribution in [1.82, 2.24) is 15.3 Å². The molecular weight excluding hydrogens is 322 g/mol. The number of rotatable bonds is 7. The summed E-state index contributed by atoms with van der Waals surface area (Å²) in [6, 6.07) is 20.6. The number of aromatic nitrogens is 2. The molecule has 0 aliphatic rings. The predicted molar refractivity (Wildman–Crippen MR) is 97.6 cm³/mol. The van der Waals surface area contributed by atoms with Crippen LogP contribution >= 0.6 is 12.4 Å². The third kappa shape index (κ3) is 5.65. The van der Waals surface area contributed by atoms with Crippen molar-refractivity contribution in [3.63, 3.8) is 0 Å². The van der Waals surface area contributed by atoms with E-state index in [0.29, 0.717) is 6.01 Å². The summed E-state index contributed by atoms with van der Waals surface area (Å²) in [7, 11) is 0. The van der Waals surface area contributed by atoms with Crippen molar-refractivity contribution in [2.24, 2.45) is 0 Å². The number of halogens is 1. The zero-order valence-corrected chi connectivity index (χ0v) is 14.1. The van der Waals surface area contributed by atoms with E-state index >= 15 is 0 Å². The Bertz CT molecular complexity index is 723. The van der Waals surface area contributed by atoms with E-state index in [1.807, 2.05) is 24.3 Å². The monoisotopic (exact) mass is 341 g/mol. The number of hydrogen-bond donors (Lipinski definition) is 1. The van der Waals surface area contributed by atoms with Crippen molar-refractivity contribution in [3.8, 4) is 11.8 Å². The minimum atomic E-state index is 0. The molecule has 3 rings (SSSR count). The minimum absolute atomic E-state index is 0. The highest BCUT2D eigenvalue weighted by Gasteiger charge is 2.01. The molecule has 0 saturated carbocycles. The summed E-state index contributed by atoms with van der Waals surface area (Å²) in [4.78, 5) is 8.13. The fourth-order valence-corrected chi connectivity index (χ4v) is 2.27. The SMILES string of the molecule is Cl.c1ccc(CCNCc2cccc(Oc3ncccn3)c2)cc1. The molecule has 0 saturated heterocycles. The second kappa shape index (κ2) is 9.65. The Labute approximate surface area is 148 Å². The van der Waals surface area contributed by atoms with Gasteiger partial charge in [0.1, 0.15) is 5.75 Å². The molecule has 0 aliphatic heterocycles. The molecule has 1 N–H and O–H groups in total. The van der Waals surface area contributed by atoms with Crippen molar-refractivity contribution in [3.05, 3.63) is 84.2 Å². The van der Waals surface area contributed by atoms with Crippen LogP contribution in [0.25, 0.3) is 0 Å². The van der Waals surface area contributed by atoms with Gasteiger partial charge in [0.05, 0.1) is 0 Å². The maximum Gasteiger partial charge on any atom is 0.321 e. The summed E-state index contributed by atoms with van der Waals surface area (Å²) >= 11 is 0. The highest BCUT2D eigenvalue weighted by Crippen LogP contribution is 2.18. The lowest BCUT2D eigenvalue weighted by atomic mass is 10.1. The van der Waals surface area contributed by atoms with Crippen LogP contribution in [0.3, 0.4) is 0 Å². The summed E-state index contributed by atoms with van der Waals surface area (Å²) in [6.07, 6.45) is 4.35. The Hall–Kier alpha value is -2.43. The molecular formula is C19H20ClN3O. The first-order valence-corrected chi connectivity index (χ1v) is 7.68. The maximum atomic E-state index is 5.64. The highest BCUT2D eigenvalue weighted by molar-refractivity contribution is 5.85. The van der Waals surface area contributed by atoms with Gasteiger partial charge in [0.25, 0.3) is 0 Å². The van der Waals surface area contributed by atoms with Gasteiger partial charge in [0, 0.05) is 18.9 Å². The Morgan fingerprint density at radius 1 is 0.833 bits per heavy atom. The van der Waals surface area contributed by atoms with Crippen LogP contribution in [0.5, 0.6) is 11.8 Å². The average molecular weight is 342 g/mol. The largest absolute Gasteiger partial charge is 0.424 e. The van der Waals surface area contributed by atoms with Gasteiger partial charge < -0.3 is 10.1 Å². The molecule has 5 heteroatoms. The van der Waals surface area contributed by atoms with Crippen molar-refractivity contribution in [1.29, 1.82) is 0 Å². The van der Waals surface area contributed by atoms with Crippen LogP contribution in [0.15, 0.2) is 73.1 Å². The zero-order valence-electron chi connectivity index (χ0n) is 13.3. The number of nitrogens with zero attached hydrogens (tertiary/aromatic N) is 2. The van der Waals surface area contributed by atoms with Crippen LogP contribution in [0.1, 0.15) is 11.1 Å². The van der Waals surface area contributed by atoms with E-state index in [9.17, 15) is 0 Å². The first-order chi connectivity index (χ1) is 11.4. The van der Waals surface area contributed by atoms with E-state index in [1.54, 1.807) is 18.5 Å². The maximum absolute atomic E-state index is 5.64. The molecule has 3 aromatic rings. The van der Waals surface area contributed by atoms with Crippen molar-refractivity contribution in [2.75, 3.05) is 6.54 Å². The number of benzene rings is 2. The quantitative estimate of drug-likeness (QED) is 0.659. The van der Waals surface area contributed by atoms with E-state index in [4.69, 9.17) is 4.74 Å². The molecule has 0 fully saturated rings. The average Bonchev–Trinajstić information content (AvgIpc) is 2.61. The predicted octanol–water partition coefficient (Wildman–Crippen LogP) is 4.02. The van der Waals surface area contributed by atoms with Gasteiger partial charge in [0.15, 0.2) is 0 Å². The lowest BCUT2D eigenvalue weighted by Gasteiger charge is -2.08. The van der Waals surface area contributed by atoms with Gasteiger partial charge in [-0.1, -0.05) is 42.5 Å². The van der Waals surface area contributed by atoms with Crippen LogP contribution in [0, 0.1) is 0 Å². The Kier molecular flexibility index (Phi) is 7.21. The number of ether oxygens (including phenoxy) is 1. The molecule has 0 spiro atoms. The third-order valence-corrected chi connectivity index (χ3v) is 3.41. The van der Waals surface area contributed by atoms with Gasteiger partial charge in [-0.2, -0.15) is 0 Å². The van der Waals surface area contributed by atoms with Crippen LogP contribution in [-0.4, -0.2) is 16.5 Å². The first-order valence-electron chi connectivity index (χ1n) is 7.68. The van der Waals surface area contributed by atoms with Gasteiger partial charge in [-0.25, -0.2) is 9.97 Å². The van der Waals surface area contributed by atoms with Crippen LogP contribution in [0.2, 0.25) is 0 Å². The topological polar surface area (TPSA) is 47.0 Å². The molecule has 0 amide bonds. The fourth-order valence-electron chi connectivity index (χ4n) is 2.27. The summed E-state index contributed by atoms with van der Waals surface area (Å²) < 4.78 is 5.64. The summed E-state index contributed by atoms with van der Waals surface area (Å²) in [6.45, 7) is 1.75. The van der Waals surface area contributed by atoms with Crippen LogP contribution < -0.4 is 10.1 Å². The Morgan fingerprint density at radius 3 is 2.38 bits per heavy atom. The van der Waals surface area contributed by atoms with E-state index in [-0.39, 0.29) is 12.4 Å². The molecule has 4 nitrogen and oxygen atoms in total. The molecule has 0 aliphatic carbocycles. The third-order valence-electron chi connectivity index (χ3n) is 3.41. The summed E-state index contributed by atoms with van der Waals surface area (Å²) in [5, 5.41) is 3.45. The fraction of sp³-hybridized carbons (Fsp3) is 0.158. The van der Waals surface area contributed by atoms with E-state index < -0.39 is 0 Å². The lowest BCUT2D eigenvalue weighted by Crippen LogP contribution is -2.16. The van der Waals surface area contributed by atoms with Gasteiger partial charge in [-0.15, -0.1) is 12.4 Å². The normalized spacial score (nSPS) is 10.0. The van der Waals surface area contributed by atoms with Crippen LogP contribution in [0.4, 0.5) is 0 Å². The molecule has 24 heavy (non-hydrogen) atoms. The lowest BCUT2D eigenvalue weighted by molar-refractivity contribution is 0.441. The van der Waals surface area contributed by atoms with Crippen LogP contribution in [-0.2, 0) is 13.0 Å². The summed E-state index contributed by atoms with van der Waals surface area (Å²) in [5.41, 5.74) is 2.52. The van der Waals surface area contributed by atoms with Gasteiger partial charge in [-0.05, 0) is 42.3 Å². The molecule has 124 valence electrons. The smallest absolute Gasteiger partial charge is 0.321 e. The van der Waals surface area contributed by atoms with Crippen molar-refractivity contribution in [2.45, 2.75) is 13.0 Å². The first kappa shape index (κ1) is 17.9. The van der Waals surface area contributed by atoms with E-state index in [2.05, 4.69) is 45.6 Å². The molecule has 0 atom stereocenters. The van der Waals surface area contributed by atoms with Crippen molar-refractivity contribution >= 4 is 12.4 Å². The van der Waals surface area contributed by atoms with Gasteiger partial charge in [0.2, 0.25) is 0 Å². The second-order valence-electron chi connectivity index (χ2n) is 5.19. The minimum Gasteiger partial charge on any atom is -0.424 e. The standard InChI is InChI=1S/C19H19N3O.ClH/c1-2-6-16(7-3-1)10-13-20-15-17-8-4-9-18(14-17)23-19-21-11-5-12-22-19;/h1-9,11-12,14,20H,10,13,15H2;1H. The second-order valence-corrected chi connectivity index (χ2v) is 5.19. The number of nitrogens with one attached hydrogen (secondary N) is 1. The summed E-state index contributed by atoms with van der Waals surface area (Å²) in [5.74, 6) is 0.749. The zero-order chi connectivity index (χ0) is 15.7. The number of hydrogen-bond acceptors (Lipinski definition) is 4. The Balaban J connectivity index is 0.00000208. The molecule has 2 aromatic carbocycles. The van der Waals surface area contributed by atoms with E-state index in [1.165, 1.54) is 11.1 Å². The van der Waals surface area contributed by atoms with Gasteiger partial charge in [-0.3, -0.25) is 0 Å². The molecule has 0 bridgehead atoms. The molecule has 1 aromatic heterocycles. The molecule has 0 unspecified atom stereocenters. The highest BCUT2D eigenvalue weighted by atomic mass is 35.5. The van der Waals surface area contributed by atoms with E-state index in [0.717, 1.165) is 25.3 Å². The van der Waals surface area contributed by atoms with Crippen molar-refractivity contribution < 1.29 is 4.74 Å². The Morgan fingerprint density at radius 2 is 1.58 bits per heavy atom.